The Balaban J connectivity index is 2.17. The summed E-state index contributed by atoms with van der Waals surface area (Å²) < 4.78 is 5.42. The first-order valence-corrected chi connectivity index (χ1v) is 9.19. The summed E-state index contributed by atoms with van der Waals surface area (Å²) in [5.74, 6) is -2.36. The van der Waals surface area contributed by atoms with Gasteiger partial charge in [-0.1, -0.05) is 13.8 Å². The summed E-state index contributed by atoms with van der Waals surface area (Å²) in [5.41, 5.74) is -1.46. The molecule has 6 atom stereocenters. The molecule has 1 saturated heterocycles. The molecule has 0 aromatic carbocycles. The number of aliphatic hydroxyl groups is 4. The molecule has 0 bridgehead atoms. The van der Waals surface area contributed by atoms with Gasteiger partial charge in [-0.2, -0.15) is 0 Å². The van der Waals surface area contributed by atoms with Crippen LogP contribution >= 0.6 is 0 Å². The third kappa shape index (κ3) is 5.10. The number of amides is 1. The number of hydrogen-bond donors (Lipinski definition) is 8. The van der Waals surface area contributed by atoms with Crippen LogP contribution < -0.4 is 10.6 Å². The SMILES string of the molecule is CC(C)C(NC1(CO)O[C@H](CO)[C@@H](O)[C@@H]1O)C(=O)NC(Cc1c[nH]cn1)C(=O)O. The largest absolute Gasteiger partial charge is 0.480 e. The van der Waals surface area contributed by atoms with Crippen molar-refractivity contribution in [2.45, 2.75) is 56.4 Å². The summed E-state index contributed by atoms with van der Waals surface area (Å²) in [6.07, 6.45) is -1.42. The summed E-state index contributed by atoms with van der Waals surface area (Å²) >= 11 is 0. The van der Waals surface area contributed by atoms with Crippen LogP contribution in [0.25, 0.3) is 0 Å². The molecular formula is C17H28N4O8. The van der Waals surface area contributed by atoms with Crippen molar-refractivity contribution in [2.24, 2.45) is 5.92 Å². The smallest absolute Gasteiger partial charge is 0.326 e. The van der Waals surface area contributed by atoms with Crippen LogP contribution in [0.2, 0.25) is 0 Å². The van der Waals surface area contributed by atoms with Gasteiger partial charge in [0.25, 0.3) is 0 Å². The number of aromatic amines is 1. The van der Waals surface area contributed by atoms with Crippen LogP contribution in [0.15, 0.2) is 12.5 Å². The van der Waals surface area contributed by atoms with Gasteiger partial charge >= 0.3 is 5.97 Å². The monoisotopic (exact) mass is 416 g/mol. The van der Waals surface area contributed by atoms with Gasteiger partial charge < -0.3 is 40.6 Å². The van der Waals surface area contributed by atoms with E-state index >= 15 is 0 Å². The number of carboxylic acids is 1. The Morgan fingerprint density at radius 3 is 2.48 bits per heavy atom. The van der Waals surface area contributed by atoms with E-state index in [1.807, 2.05) is 0 Å². The number of nitrogens with one attached hydrogen (secondary N) is 3. The first-order chi connectivity index (χ1) is 13.6. The fourth-order valence-electron chi connectivity index (χ4n) is 3.20. The number of carboxylic acid groups (broad SMARTS) is 1. The van der Waals surface area contributed by atoms with Gasteiger partial charge in [-0.15, -0.1) is 0 Å². The molecule has 0 saturated carbocycles. The molecule has 0 aliphatic carbocycles. The number of nitrogens with zero attached hydrogens (tertiary/aromatic N) is 1. The summed E-state index contributed by atoms with van der Waals surface area (Å²) in [6, 6.07) is -2.34. The number of rotatable bonds is 10. The van der Waals surface area contributed by atoms with Crippen molar-refractivity contribution in [3.8, 4) is 0 Å². The molecule has 12 nitrogen and oxygen atoms in total. The lowest BCUT2D eigenvalue weighted by atomic mass is 9.97. The van der Waals surface area contributed by atoms with E-state index in [9.17, 15) is 35.1 Å². The number of imidazole rings is 1. The number of carbonyl (C=O) groups excluding carboxylic acids is 1. The van der Waals surface area contributed by atoms with Crippen molar-refractivity contribution in [1.29, 1.82) is 0 Å². The normalized spacial score (nSPS) is 29.0. The van der Waals surface area contributed by atoms with E-state index in [4.69, 9.17) is 4.74 Å². The number of carbonyl (C=O) groups is 2. The Kier molecular flexibility index (Phi) is 7.68. The molecule has 1 fully saturated rings. The topological polar surface area (TPSA) is 197 Å². The first kappa shape index (κ1) is 23.2. The van der Waals surface area contributed by atoms with Gasteiger partial charge in [0.05, 0.1) is 31.3 Å². The van der Waals surface area contributed by atoms with E-state index in [1.165, 1.54) is 12.5 Å². The number of aromatic nitrogens is 2. The zero-order valence-corrected chi connectivity index (χ0v) is 16.1. The fraction of sp³-hybridized carbons (Fsp3) is 0.706. The van der Waals surface area contributed by atoms with E-state index in [1.54, 1.807) is 13.8 Å². The van der Waals surface area contributed by atoms with Crippen molar-refractivity contribution >= 4 is 11.9 Å². The maximum atomic E-state index is 12.8. The second-order valence-electron chi connectivity index (χ2n) is 7.35. The summed E-state index contributed by atoms with van der Waals surface area (Å²) in [6.45, 7) is 1.94. The molecular weight excluding hydrogens is 388 g/mol. The number of aliphatic hydroxyl groups excluding tert-OH is 4. The van der Waals surface area contributed by atoms with E-state index in [0.717, 1.165) is 0 Å². The second kappa shape index (κ2) is 9.61. The third-order valence-corrected chi connectivity index (χ3v) is 4.89. The molecule has 29 heavy (non-hydrogen) atoms. The van der Waals surface area contributed by atoms with E-state index in [2.05, 4.69) is 20.6 Å². The Morgan fingerprint density at radius 2 is 2.03 bits per heavy atom. The quantitative estimate of drug-likeness (QED) is 0.194. The fourth-order valence-corrected chi connectivity index (χ4v) is 3.20. The van der Waals surface area contributed by atoms with Crippen LogP contribution in [0.1, 0.15) is 19.5 Å². The summed E-state index contributed by atoms with van der Waals surface area (Å²) in [4.78, 5) is 31.0. The maximum Gasteiger partial charge on any atom is 0.326 e. The highest BCUT2D eigenvalue weighted by molar-refractivity contribution is 5.87. The number of hydrogen-bond acceptors (Lipinski definition) is 9. The molecule has 12 heteroatoms. The van der Waals surface area contributed by atoms with Gasteiger partial charge in [-0.25, -0.2) is 9.78 Å². The summed E-state index contributed by atoms with van der Waals surface area (Å²) in [5, 5.41) is 53.9. The molecule has 1 aromatic rings. The Labute approximate surface area is 166 Å². The lowest BCUT2D eigenvalue weighted by molar-refractivity contribution is -0.154. The molecule has 8 N–H and O–H groups in total. The number of aliphatic carboxylic acids is 1. The van der Waals surface area contributed by atoms with Crippen LogP contribution in [0.3, 0.4) is 0 Å². The van der Waals surface area contributed by atoms with E-state index in [-0.39, 0.29) is 6.42 Å². The van der Waals surface area contributed by atoms with Crippen molar-refractivity contribution < 1.29 is 39.9 Å². The van der Waals surface area contributed by atoms with Gasteiger partial charge in [0, 0.05) is 12.6 Å². The van der Waals surface area contributed by atoms with Crippen molar-refractivity contribution in [3.63, 3.8) is 0 Å². The van der Waals surface area contributed by atoms with Gasteiger partial charge in [0.2, 0.25) is 5.91 Å². The molecule has 1 aliphatic heterocycles. The highest BCUT2D eigenvalue weighted by atomic mass is 16.6. The van der Waals surface area contributed by atoms with Crippen LogP contribution in [0.4, 0.5) is 0 Å². The highest BCUT2D eigenvalue weighted by Gasteiger charge is 2.55. The van der Waals surface area contributed by atoms with Gasteiger partial charge in [0.15, 0.2) is 5.72 Å². The molecule has 3 unspecified atom stereocenters. The van der Waals surface area contributed by atoms with Crippen molar-refractivity contribution in [1.82, 2.24) is 20.6 Å². The average Bonchev–Trinajstić information content (AvgIpc) is 3.27. The molecule has 2 rings (SSSR count). The van der Waals surface area contributed by atoms with Crippen molar-refractivity contribution in [3.05, 3.63) is 18.2 Å². The molecule has 1 amide bonds. The number of ether oxygens (including phenoxy) is 1. The number of H-pyrrole nitrogens is 1. The van der Waals surface area contributed by atoms with Crippen LogP contribution in [-0.4, -0.2) is 96.7 Å². The molecule has 2 heterocycles. The molecule has 1 aliphatic rings. The van der Waals surface area contributed by atoms with Crippen LogP contribution in [0.5, 0.6) is 0 Å². The minimum Gasteiger partial charge on any atom is -0.480 e. The minimum atomic E-state index is -1.90. The zero-order valence-electron chi connectivity index (χ0n) is 16.1. The predicted molar refractivity (Wildman–Crippen MR) is 97.4 cm³/mol. The highest BCUT2D eigenvalue weighted by Crippen LogP contribution is 2.30. The molecule has 164 valence electrons. The minimum absolute atomic E-state index is 0.0506. The standard InChI is InChI=1S/C17H28N4O8/c1-8(2)12(21-17(6-23)14(25)13(24)11(5-22)29-17)15(26)20-10(16(27)28)3-9-4-18-7-19-9/h4,7-8,10-14,21-25H,3,5-6H2,1-2H3,(H,18,19)(H,20,26)(H,27,28)/t10?,11-,12?,13-,14+,17?/m1/s1. The average molecular weight is 416 g/mol. The van der Waals surface area contributed by atoms with Gasteiger partial charge in [0.1, 0.15) is 24.4 Å². The zero-order chi connectivity index (χ0) is 21.8. The Morgan fingerprint density at radius 1 is 1.34 bits per heavy atom. The molecule has 0 radical (unpaired) electrons. The third-order valence-electron chi connectivity index (χ3n) is 4.89. The lowest BCUT2D eigenvalue weighted by Crippen LogP contribution is -2.65. The maximum absolute atomic E-state index is 12.8. The van der Waals surface area contributed by atoms with Crippen molar-refractivity contribution in [2.75, 3.05) is 13.2 Å². The molecule has 0 spiro atoms. The van der Waals surface area contributed by atoms with Gasteiger partial charge in [-0.05, 0) is 5.92 Å². The van der Waals surface area contributed by atoms with Crippen LogP contribution in [0, 0.1) is 5.92 Å². The van der Waals surface area contributed by atoms with E-state index in [0.29, 0.717) is 5.69 Å². The summed E-state index contributed by atoms with van der Waals surface area (Å²) in [7, 11) is 0. The Bertz CT molecular complexity index is 685. The van der Waals surface area contributed by atoms with Gasteiger partial charge in [-0.3, -0.25) is 10.1 Å². The van der Waals surface area contributed by atoms with Crippen LogP contribution in [-0.2, 0) is 20.7 Å². The second-order valence-corrected chi connectivity index (χ2v) is 7.35. The molecule has 1 aromatic heterocycles. The Hall–Kier alpha value is -2.09. The lowest BCUT2D eigenvalue weighted by Gasteiger charge is -2.36. The van der Waals surface area contributed by atoms with E-state index < -0.39 is 67.1 Å². The first-order valence-electron chi connectivity index (χ1n) is 9.19. The predicted octanol–water partition coefficient (Wildman–Crippen LogP) is -3.06.